The maximum absolute atomic E-state index is 5.12. The molecule has 10 heavy (non-hydrogen) atoms. The number of ether oxygens (including phenoxy) is 2. The molecule has 0 spiro atoms. The average molecular weight is 145 g/mol. The summed E-state index contributed by atoms with van der Waals surface area (Å²) >= 11 is 0. The molecule has 0 amide bonds. The van der Waals surface area contributed by atoms with Gasteiger partial charge in [-0.1, -0.05) is 0 Å². The van der Waals surface area contributed by atoms with E-state index >= 15 is 0 Å². The number of hydrogen-bond donors (Lipinski definition) is 1. The first-order valence-electron chi connectivity index (χ1n) is 3.64. The van der Waals surface area contributed by atoms with Gasteiger partial charge in [-0.05, 0) is 13.0 Å². The number of rotatable bonds is 3. The standard InChI is InChI=1S/C7H15NO2/c1-9-7(10-2)6-3-4-8-5-6/h6-8H,3-5H2,1-2H3/t6-/m0/s1. The van der Waals surface area contributed by atoms with Crippen LogP contribution in [0.25, 0.3) is 0 Å². The zero-order valence-electron chi connectivity index (χ0n) is 6.59. The van der Waals surface area contributed by atoms with Crippen molar-refractivity contribution in [2.45, 2.75) is 12.7 Å². The second-order valence-electron chi connectivity index (χ2n) is 2.59. The van der Waals surface area contributed by atoms with Gasteiger partial charge in [-0.15, -0.1) is 0 Å². The van der Waals surface area contributed by atoms with Gasteiger partial charge in [0.1, 0.15) is 0 Å². The molecule has 1 heterocycles. The predicted molar refractivity (Wildman–Crippen MR) is 38.8 cm³/mol. The fraction of sp³-hybridized carbons (Fsp3) is 1.00. The fourth-order valence-corrected chi connectivity index (χ4v) is 1.39. The van der Waals surface area contributed by atoms with Crippen molar-refractivity contribution >= 4 is 0 Å². The van der Waals surface area contributed by atoms with Crippen molar-refractivity contribution in [2.75, 3.05) is 27.3 Å². The van der Waals surface area contributed by atoms with Crippen LogP contribution in [0, 0.1) is 5.92 Å². The third-order valence-electron chi connectivity index (χ3n) is 1.95. The molecule has 60 valence electrons. The zero-order valence-corrected chi connectivity index (χ0v) is 6.59. The number of hydrogen-bond acceptors (Lipinski definition) is 3. The van der Waals surface area contributed by atoms with Crippen molar-refractivity contribution in [3.05, 3.63) is 0 Å². The van der Waals surface area contributed by atoms with Gasteiger partial charge in [0.25, 0.3) is 0 Å². The summed E-state index contributed by atoms with van der Waals surface area (Å²) in [5, 5.41) is 3.26. The van der Waals surface area contributed by atoms with E-state index in [9.17, 15) is 0 Å². The van der Waals surface area contributed by atoms with E-state index in [0.29, 0.717) is 5.92 Å². The van der Waals surface area contributed by atoms with Crippen LogP contribution >= 0.6 is 0 Å². The van der Waals surface area contributed by atoms with Gasteiger partial charge in [-0.3, -0.25) is 0 Å². The van der Waals surface area contributed by atoms with Gasteiger partial charge >= 0.3 is 0 Å². The molecule has 3 nitrogen and oxygen atoms in total. The van der Waals surface area contributed by atoms with Crippen LogP contribution in [0.4, 0.5) is 0 Å². The molecule has 0 aromatic carbocycles. The number of methoxy groups -OCH3 is 2. The van der Waals surface area contributed by atoms with E-state index in [1.54, 1.807) is 14.2 Å². The zero-order chi connectivity index (χ0) is 7.40. The maximum Gasteiger partial charge on any atom is 0.160 e. The normalized spacial score (nSPS) is 26.1. The summed E-state index contributed by atoms with van der Waals surface area (Å²) in [6.45, 7) is 2.11. The smallest absolute Gasteiger partial charge is 0.160 e. The highest BCUT2D eigenvalue weighted by Gasteiger charge is 2.23. The summed E-state index contributed by atoms with van der Waals surface area (Å²) < 4.78 is 10.2. The lowest BCUT2D eigenvalue weighted by Gasteiger charge is -2.18. The quantitative estimate of drug-likeness (QED) is 0.576. The molecule has 0 saturated carbocycles. The molecule has 0 bridgehead atoms. The predicted octanol–water partition coefficient (Wildman–Crippen LogP) is 0.215. The lowest BCUT2D eigenvalue weighted by Crippen LogP contribution is -2.26. The van der Waals surface area contributed by atoms with E-state index in [1.165, 1.54) is 0 Å². The summed E-state index contributed by atoms with van der Waals surface area (Å²) in [6.07, 6.45) is 1.14. The summed E-state index contributed by atoms with van der Waals surface area (Å²) in [6, 6.07) is 0. The third-order valence-corrected chi connectivity index (χ3v) is 1.95. The van der Waals surface area contributed by atoms with E-state index in [4.69, 9.17) is 9.47 Å². The Labute approximate surface area is 61.7 Å². The molecule has 0 unspecified atom stereocenters. The molecule has 3 heteroatoms. The van der Waals surface area contributed by atoms with Gasteiger partial charge in [-0.2, -0.15) is 0 Å². The first-order valence-corrected chi connectivity index (χ1v) is 3.64. The molecule has 0 aromatic rings. The van der Waals surface area contributed by atoms with Gasteiger partial charge in [0.15, 0.2) is 6.29 Å². The molecule has 1 fully saturated rings. The van der Waals surface area contributed by atoms with E-state index in [1.807, 2.05) is 0 Å². The minimum atomic E-state index is -0.0185. The lowest BCUT2D eigenvalue weighted by atomic mass is 10.1. The van der Waals surface area contributed by atoms with E-state index in [-0.39, 0.29) is 6.29 Å². The Morgan fingerprint density at radius 3 is 2.50 bits per heavy atom. The molecule has 1 aliphatic heterocycles. The van der Waals surface area contributed by atoms with Crippen LogP contribution in [-0.4, -0.2) is 33.6 Å². The van der Waals surface area contributed by atoms with Crippen LogP contribution in [-0.2, 0) is 9.47 Å². The topological polar surface area (TPSA) is 30.5 Å². The first-order chi connectivity index (χ1) is 4.88. The SMILES string of the molecule is COC(OC)[C@H]1CCNC1. The van der Waals surface area contributed by atoms with Crippen LogP contribution in [0.1, 0.15) is 6.42 Å². The van der Waals surface area contributed by atoms with Crippen LogP contribution in [0.2, 0.25) is 0 Å². The summed E-state index contributed by atoms with van der Waals surface area (Å²) in [7, 11) is 3.37. The van der Waals surface area contributed by atoms with Crippen LogP contribution < -0.4 is 5.32 Å². The molecule has 1 aliphatic rings. The second kappa shape index (κ2) is 3.91. The second-order valence-corrected chi connectivity index (χ2v) is 2.59. The van der Waals surface area contributed by atoms with E-state index in [2.05, 4.69) is 5.32 Å². The molecule has 0 aromatic heterocycles. The minimum Gasteiger partial charge on any atom is -0.356 e. The van der Waals surface area contributed by atoms with Crippen LogP contribution in [0.5, 0.6) is 0 Å². The summed E-state index contributed by atoms with van der Waals surface area (Å²) in [5.41, 5.74) is 0. The molecule has 1 rings (SSSR count). The molecule has 1 N–H and O–H groups in total. The van der Waals surface area contributed by atoms with Crippen molar-refractivity contribution in [1.82, 2.24) is 5.32 Å². The monoisotopic (exact) mass is 145 g/mol. The maximum atomic E-state index is 5.12. The largest absolute Gasteiger partial charge is 0.356 e. The molecular weight excluding hydrogens is 130 g/mol. The van der Waals surface area contributed by atoms with Gasteiger partial charge in [-0.25, -0.2) is 0 Å². The summed E-state index contributed by atoms with van der Waals surface area (Å²) in [4.78, 5) is 0. The van der Waals surface area contributed by atoms with Crippen LogP contribution in [0.15, 0.2) is 0 Å². The first kappa shape index (κ1) is 7.98. The lowest BCUT2D eigenvalue weighted by molar-refractivity contribution is -0.132. The third kappa shape index (κ3) is 1.68. The highest BCUT2D eigenvalue weighted by molar-refractivity contribution is 4.73. The van der Waals surface area contributed by atoms with Crippen molar-refractivity contribution in [1.29, 1.82) is 0 Å². The molecule has 1 atom stereocenters. The average Bonchev–Trinajstić information content (AvgIpc) is 2.43. The summed E-state index contributed by atoms with van der Waals surface area (Å²) in [5.74, 6) is 0.537. The van der Waals surface area contributed by atoms with Crippen molar-refractivity contribution < 1.29 is 9.47 Å². The molecular formula is C7H15NO2. The Morgan fingerprint density at radius 2 is 2.10 bits per heavy atom. The minimum absolute atomic E-state index is 0.0185. The molecule has 0 aliphatic carbocycles. The highest BCUT2D eigenvalue weighted by atomic mass is 16.7. The van der Waals surface area contributed by atoms with Gasteiger partial charge in [0, 0.05) is 26.7 Å². The highest BCUT2D eigenvalue weighted by Crippen LogP contribution is 2.15. The Balaban J connectivity index is 2.29. The Kier molecular flexibility index (Phi) is 3.12. The Morgan fingerprint density at radius 1 is 1.40 bits per heavy atom. The van der Waals surface area contributed by atoms with Crippen molar-refractivity contribution in [2.24, 2.45) is 5.92 Å². The van der Waals surface area contributed by atoms with E-state index in [0.717, 1.165) is 19.5 Å². The van der Waals surface area contributed by atoms with Gasteiger partial charge in [0.05, 0.1) is 0 Å². The Bertz CT molecular complexity index is 87.6. The van der Waals surface area contributed by atoms with Crippen LogP contribution in [0.3, 0.4) is 0 Å². The van der Waals surface area contributed by atoms with E-state index < -0.39 is 0 Å². The van der Waals surface area contributed by atoms with Crippen molar-refractivity contribution in [3.8, 4) is 0 Å². The fourth-order valence-electron chi connectivity index (χ4n) is 1.39. The molecule has 0 radical (unpaired) electrons. The van der Waals surface area contributed by atoms with Gasteiger partial charge < -0.3 is 14.8 Å². The van der Waals surface area contributed by atoms with Gasteiger partial charge in [0.2, 0.25) is 0 Å². The van der Waals surface area contributed by atoms with Crippen molar-refractivity contribution in [3.63, 3.8) is 0 Å². The Hall–Kier alpha value is -0.120. The number of nitrogens with one attached hydrogen (secondary N) is 1. The molecule has 1 saturated heterocycles.